The van der Waals surface area contributed by atoms with Crippen molar-refractivity contribution in [2.24, 2.45) is 5.92 Å². The summed E-state index contributed by atoms with van der Waals surface area (Å²) in [5.74, 6) is 2.30. The summed E-state index contributed by atoms with van der Waals surface area (Å²) in [6.07, 6.45) is 7.99. The van der Waals surface area contributed by atoms with Crippen molar-refractivity contribution in [1.29, 1.82) is 0 Å². The lowest BCUT2D eigenvalue weighted by atomic mass is 9.88. The minimum absolute atomic E-state index is 0.374. The first-order valence-corrected chi connectivity index (χ1v) is 8.17. The van der Waals surface area contributed by atoms with Crippen LogP contribution in [-0.2, 0) is 6.42 Å². The van der Waals surface area contributed by atoms with Gasteiger partial charge in [-0.25, -0.2) is 0 Å². The van der Waals surface area contributed by atoms with E-state index in [4.69, 9.17) is 0 Å². The Kier molecular flexibility index (Phi) is 3.41. The van der Waals surface area contributed by atoms with Crippen LogP contribution in [-0.4, -0.2) is 32.0 Å². The van der Waals surface area contributed by atoms with Crippen molar-refractivity contribution in [2.45, 2.75) is 50.7 Å². The van der Waals surface area contributed by atoms with Gasteiger partial charge in [-0.1, -0.05) is 19.8 Å². The normalized spacial score (nSPS) is 33.3. The molecule has 3 nitrogen and oxygen atoms in total. The molecule has 2 unspecified atom stereocenters. The van der Waals surface area contributed by atoms with Crippen LogP contribution >= 0.6 is 11.8 Å². The van der Waals surface area contributed by atoms with E-state index in [9.17, 15) is 5.11 Å². The van der Waals surface area contributed by atoms with Gasteiger partial charge in [-0.15, -0.1) is 0 Å². The largest absolute Gasteiger partial charge is 0.388 e. The van der Waals surface area contributed by atoms with Crippen LogP contribution < -0.4 is 0 Å². The van der Waals surface area contributed by atoms with Crippen molar-refractivity contribution in [3.05, 3.63) is 18.0 Å². The highest BCUT2D eigenvalue weighted by atomic mass is 32.2. The summed E-state index contributed by atoms with van der Waals surface area (Å²) in [6.45, 7) is 2.15. The van der Waals surface area contributed by atoms with Gasteiger partial charge in [0.05, 0.1) is 17.3 Å². The van der Waals surface area contributed by atoms with Gasteiger partial charge in [-0.3, -0.25) is 4.68 Å². The molecule has 1 saturated carbocycles. The lowest BCUT2D eigenvalue weighted by molar-refractivity contribution is 0.0267. The maximum atomic E-state index is 10.6. The highest BCUT2D eigenvalue weighted by molar-refractivity contribution is 7.99. The van der Waals surface area contributed by atoms with Crippen LogP contribution in [0.5, 0.6) is 0 Å². The SMILES string of the molecule is CC1CSCC1(O)Cc1ccn(C2CCCC2)n1. The van der Waals surface area contributed by atoms with Crippen molar-refractivity contribution in [3.63, 3.8) is 0 Å². The molecule has 2 fully saturated rings. The van der Waals surface area contributed by atoms with Gasteiger partial charge in [-0.05, 0) is 30.6 Å². The number of thioether (sulfide) groups is 1. The Morgan fingerprint density at radius 1 is 1.50 bits per heavy atom. The summed E-state index contributed by atoms with van der Waals surface area (Å²) in [4.78, 5) is 0. The minimum Gasteiger partial charge on any atom is -0.388 e. The van der Waals surface area contributed by atoms with Gasteiger partial charge in [-0.2, -0.15) is 16.9 Å². The van der Waals surface area contributed by atoms with Crippen LogP contribution in [0.25, 0.3) is 0 Å². The van der Waals surface area contributed by atoms with E-state index in [-0.39, 0.29) is 0 Å². The van der Waals surface area contributed by atoms with E-state index in [1.165, 1.54) is 25.7 Å². The van der Waals surface area contributed by atoms with Crippen molar-refractivity contribution < 1.29 is 5.11 Å². The number of hydrogen-bond acceptors (Lipinski definition) is 3. The molecule has 3 rings (SSSR count). The third-order valence-electron chi connectivity index (χ3n) is 4.49. The standard InChI is InChI=1S/C14H22N2OS/c1-11-9-18-10-14(11,17)8-12-6-7-16(15-12)13-4-2-3-5-13/h6-7,11,13,17H,2-5,8-10H2,1H3. The van der Waals surface area contributed by atoms with E-state index < -0.39 is 5.60 Å². The van der Waals surface area contributed by atoms with Crippen molar-refractivity contribution >= 4 is 11.8 Å². The predicted octanol–water partition coefficient (Wildman–Crippen LogP) is 2.65. The number of nitrogens with zero attached hydrogens (tertiary/aromatic N) is 2. The lowest BCUT2D eigenvalue weighted by Crippen LogP contribution is -2.38. The zero-order chi connectivity index (χ0) is 12.6. The lowest BCUT2D eigenvalue weighted by Gasteiger charge is -2.25. The summed E-state index contributed by atoms with van der Waals surface area (Å²) < 4.78 is 2.12. The Labute approximate surface area is 113 Å². The zero-order valence-electron chi connectivity index (χ0n) is 11.0. The summed E-state index contributed by atoms with van der Waals surface area (Å²) >= 11 is 1.86. The van der Waals surface area contributed by atoms with Gasteiger partial charge >= 0.3 is 0 Å². The summed E-state index contributed by atoms with van der Waals surface area (Å²) in [7, 11) is 0. The minimum atomic E-state index is -0.542. The Morgan fingerprint density at radius 3 is 2.94 bits per heavy atom. The molecular weight excluding hydrogens is 244 g/mol. The van der Waals surface area contributed by atoms with Gasteiger partial charge in [0.15, 0.2) is 0 Å². The van der Waals surface area contributed by atoms with Crippen LogP contribution in [0.3, 0.4) is 0 Å². The molecule has 2 atom stereocenters. The second kappa shape index (κ2) is 4.89. The fraction of sp³-hybridized carbons (Fsp3) is 0.786. The summed E-state index contributed by atoms with van der Waals surface area (Å²) in [5.41, 5.74) is 0.512. The van der Waals surface area contributed by atoms with Gasteiger partial charge in [0.25, 0.3) is 0 Å². The molecule has 0 spiro atoms. The fourth-order valence-electron chi connectivity index (χ4n) is 3.09. The monoisotopic (exact) mass is 266 g/mol. The van der Waals surface area contributed by atoms with E-state index in [0.29, 0.717) is 18.4 Å². The molecule has 0 radical (unpaired) electrons. The molecule has 1 aliphatic heterocycles. The van der Waals surface area contributed by atoms with Gasteiger partial charge < -0.3 is 5.11 Å². The summed E-state index contributed by atoms with van der Waals surface area (Å²) in [6, 6.07) is 2.69. The van der Waals surface area contributed by atoms with Crippen molar-refractivity contribution in [3.8, 4) is 0 Å². The molecule has 2 heterocycles. The van der Waals surface area contributed by atoms with E-state index in [0.717, 1.165) is 17.2 Å². The van der Waals surface area contributed by atoms with E-state index >= 15 is 0 Å². The van der Waals surface area contributed by atoms with Crippen molar-refractivity contribution in [1.82, 2.24) is 9.78 Å². The van der Waals surface area contributed by atoms with E-state index in [1.807, 2.05) is 11.8 Å². The predicted molar refractivity (Wildman–Crippen MR) is 74.9 cm³/mol. The Bertz CT molecular complexity index is 414. The second-order valence-corrected chi connectivity index (χ2v) is 6.95. The first kappa shape index (κ1) is 12.5. The zero-order valence-corrected chi connectivity index (χ0v) is 11.8. The first-order chi connectivity index (χ1) is 8.67. The molecule has 1 aromatic rings. The molecule has 100 valence electrons. The van der Waals surface area contributed by atoms with Crippen LogP contribution in [0, 0.1) is 5.92 Å². The number of rotatable bonds is 3. The number of aliphatic hydroxyl groups is 1. The van der Waals surface area contributed by atoms with Crippen LogP contribution in [0.15, 0.2) is 12.3 Å². The Balaban J connectivity index is 1.69. The Hall–Kier alpha value is -0.480. The average Bonchev–Trinajstić information content (AvgIpc) is 3.02. The molecule has 1 aromatic heterocycles. The number of aromatic nitrogens is 2. The van der Waals surface area contributed by atoms with Gasteiger partial charge in [0.1, 0.15) is 0 Å². The molecular formula is C14H22N2OS. The van der Waals surface area contributed by atoms with Crippen LogP contribution in [0.4, 0.5) is 0 Å². The quantitative estimate of drug-likeness (QED) is 0.914. The van der Waals surface area contributed by atoms with Crippen LogP contribution in [0.2, 0.25) is 0 Å². The molecule has 2 aliphatic rings. The van der Waals surface area contributed by atoms with Gasteiger partial charge in [0.2, 0.25) is 0 Å². The van der Waals surface area contributed by atoms with E-state index in [2.05, 4.69) is 29.0 Å². The molecule has 0 bridgehead atoms. The maximum absolute atomic E-state index is 10.6. The average molecular weight is 266 g/mol. The molecule has 1 saturated heterocycles. The molecule has 4 heteroatoms. The van der Waals surface area contributed by atoms with Crippen LogP contribution in [0.1, 0.15) is 44.3 Å². The Morgan fingerprint density at radius 2 is 2.28 bits per heavy atom. The van der Waals surface area contributed by atoms with Crippen molar-refractivity contribution in [2.75, 3.05) is 11.5 Å². The molecule has 1 aliphatic carbocycles. The topological polar surface area (TPSA) is 38.0 Å². The molecule has 0 amide bonds. The smallest absolute Gasteiger partial charge is 0.0826 e. The van der Waals surface area contributed by atoms with E-state index in [1.54, 1.807) is 0 Å². The summed E-state index contributed by atoms with van der Waals surface area (Å²) in [5, 5.41) is 15.3. The third kappa shape index (κ3) is 2.32. The molecule has 18 heavy (non-hydrogen) atoms. The fourth-order valence-corrected chi connectivity index (χ4v) is 4.61. The first-order valence-electron chi connectivity index (χ1n) is 7.01. The number of hydrogen-bond donors (Lipinski definition) is 1. The maximum Gasteiger partial charge on any atom is 0.0826 e. The molecule has 0 aromatic carbocycles. The third-order valence-corrected chi connectivity index (χ3v) is 5.93. The second-order valence-electron chi connectivity index (χ2n) is 5.92. The highest BCUT2D eigenvalue weighted by Gasteiger charge is 2.39. The molecule has 1 N–H and O–H groups in total. The highest BCUT2D eigenvalue weighted by Crippen LogP contribution is 2.36. The van der Waals surface area contributed by atoms with Gasteiger partial charge in [0, 0.05) is 18.4 Å².